The maximum Gasteiger partial charge on any atom is 0.222 e. The van der Waals surface area contributed by atoms with Crippen LogP contribution in [-0.2, 0) is 9.59 Å². The van der Waals surface area contributed by atoms with Crippen molar-refractivity contribution in [2.45, 2.75) is 53.5 Å². The van der Waals surface area contributed by atoms with Gasteiger partial charge in [-0.15, -0.1) is 0 Å². The van der Waals surface area contributed by atoms with Gasteiger partial charge in [-0.1, -0.05) is 20.8 Å². The zero-order valence-corrected chi connectivity index (χ0v) is 10.5. The maximum atomic E-state index is 11.2. The smallest absolute Gasteiger partial charge is 0.222 e. The van der Waals surface area contributed by atoms with Gasteiger partial charge in [-0.2, -0.15) is 0 Å². The van der Waals surface area contributed by atoms with Crippen LogP contribution in [0.5, 0.6) is 0 Å². The molecule has 0 saturated heterocycles. The lowest BCUT2D eigenvalue weighted by atomic mass is 9.98. The molecule has 3 heteroatoms. The second-order valence-corrected chi connectivity index (χ2v) is 3.42. The molecule has 0 aliphatic heterocycles. The van der Waals surface area contributed by atoms with Crippen LogP contribution in [0, 0.1) is 0 Å². The van der Waals surface area contributed by atoms with Crippen LogP contribution in [-0.4, -0.2) is 29.2 Å². The Labute approximate surface area is 87.5 Å². The molecule has 0 atom stereocenters. The summed E-state index contributed by atoms with van der Waals surface area (Å²) in [7, 11) is 1.66. The predicted molar refractivity (Wildman–Crippen MR) is 59.2 cm³/mol. The van der Waals surface area contributed by atoms with Gasteiger partial charge in [-0.3, -0.25) is 9.59 Å². The summed E-state index contributed by atoms with van der Waals surface area (Å²) in [5.74, 6) is 0.00185. The summed E-state index contributed by atoms with van der Waals surface area (Å²) in [4.78, 5) is 23.9. The summed E-state index contributed by atoms with van der Waals surface area (Å²) in [6, 6.07) is 0. The van der Waals surface area contributed by atoms with Crippen molar-refractivity contribution in [3.8, 4) is 0 Å². The highest BCUT2D eigenvalue weighted by Gasteiger charge is 2.30. The van der Waals surface area contributed by atoms with Crippen LogP contribution in [0.1, 0.15) is 48.0 Å². The third kappa shape index (κ3) is 3.90. The molecule has 0 aromatic heterocycles. The SMILES string of the molecule is CC.CCC(=O)N(C)C(C)(C)C(C)=O. The maximum absolute atomic E-state index is 11.2. The zero-order valence-electron chi connectivity index (χ0n) is 10.5. The Kier molecular flexibility index (Phi) is 7.33. The minimum Gasteiger partial charge on any atom is -0.334 e. The van der Waals surface area contributed by atoms with Crippen molar-refractivity contribution in [3.05, 3.63) is 0 Å². The van der Waals surface area contributed by atoms with Crippen molar-refractivity contribution < 1.29 is 9.59 Å². The van der Waals surface area contributed by atoms with Crippen LogP contribution in [0.3, 0.4) is 0 Å². The summed E-state index contributed by atoms with van der Waals surface area (Å²) in [6.07, 6.45) is 0.438. The molecule has 3 nitrogen and oxygen atoms in total. The van der Waals surface area contributed by atoms with E-state index in [1.807, 2.05) is 13.8 Å². The molecule has 0 saturated carbocycles. The fraction of sp³-hybridized carbons (Fsp3) is 0.818. The van der Waals surface area contributed by atoms with Crippen LogP contribution in [0.4, 0.5) is 0 Å². The number of carbonyl (C=O) groups is 2. The molecule has 14 heavy (non-hydrogen) atoms. The second-order valence-electron chi connectivity index (χ2n) is 3.42. The summed E-state index contributed by atoms with van der Waals surface area (Å²) < 4.78 is 0. The first-order chi connectivity index (χ1) is 6.34. The number of carbonyl (C=O) groups excluding carboxylic acids is 2. The van der Waals surface area contributed by atoms with Crippen molar-refractivity contribution in [3.63, 3.8) is 0 Å². The molecular formula is C11H23NO2. The van der Waals surface area contributed by atoms with Gasteiger partial charge in [-0.05, 0) is 20.8 Å². The monoisotopic (exact) mass is 201 g/mol. The van der Waals surface area contributed by atoms with Crippen molar-refractivity contribution in [1.29, 1.82) is 0 Å². The van der Waals surface area contributed by atoms with Crippen LogP contribution in [0.2, 0.25) is 0 Å². The topological polar surface area (TPSA) is 37.4 Å². The Bertz CT molecular complexity index is 197. The second kappa shape index (κ2) is 6.57. The number of hydrogen-bond acceptors (Lipinski definition) is 2. The number of rotatable bonds is 3. The molecule has 0 rings (SSSR count). The van der Waals surface area contributed by atoms with Gasteiger partial charge in [0.15, 0.2) is 5.78 Å². The molecule has 1 amide bonds. The van der Waals surface area contributed by atoms with Crippen molar-refractivity contribution in [1.82, 2.24) is 4.90 Å². The highest BCUT2D eigenvalue weighted by Crippen LogP contribution is 2.14. The molecular weight excluding hydrogens is 178 g/mol. The van der Waals surface area contributed by atoms with Gasteiger partial charge in [0.2, 0.25) is 5.91 Å². The first kappa shape index (κ1) is 15.6. The Balaban J connectivity index is 0. The number of likely N-dealkylation sites (N-methyl/N-ethyl adjacent to an activating group) is 1. The Morgan fingerprint density at radius 2 is 1.57 bits per heavy atom. The first-order valence-electron chi connectivity index (χ1n) is 5.11. The van der Waals surface area contributed by atoms with E-state index in [4.69, 9.17) is 0 Å². The predicted octanol–water partition coefficient (Wildman–Crippen LogP) is 2.25. The molecule has 0 heterocycles. The fourth-order valence-electron chi connectivity index (χ4n) is 0.785. The average molecular weight is 201 g/mol. The van der Waals surface area contributed by atoms with Crippen LogP contribution < -0.4 is 0 Å². The van der Waals surface area contributed by atoms with E-state index < -0.39 is 5.54 Å². The number of Topliss-reactive ketones (excluding diaryl/α,β-unsaturated/α-hetero) is 1. The van der Waals surface area contributed by atoms with E-state index in [9.17, 15) is 9.59 Å². The molecule has 0 bridgehead atoms. The fourth-order valence-corrected chi connectivity index (χ4v) is 0.785. The quantitative estimate of drug-likeness (QED) is 0.702. The number of nitrogens with zero attached hydrogens (tertiary/aromatic N) is 1. The molecule has 0 radical (unpaired) electrons. The average Bonchev–Trinajstić information content (AvgIpc) is 2.18. The van der Waals surface area contributed by atoms with E-state index in [1.54, 1.807) is 27.8 Å². The van der Waals surface area contributed by atoms with Crippen molar-refractivity contribution in [2.75, 3.05) is 7.05 Å². The van der Waals surface area contributed by atoms with Gasteiger partial charge in [0.05, 0.1) is 5.54 Å². The van der Waals surface area contributed by atoms with E-state index in [1.165, 1.54) is 11.8 Å². The molecule has 0 N–H and O–H groups in total. The standard InChI is InChI=1S/C9H17NO2.C2H6/c1-6-8(12)10(5)9(3,4)7(2)11;1-2/h6H2,1-5H3;1-2H3. The molecule has 0 fully saturated rings. The Morgan fingerprint density at radius 3 is 1.79 bits per heavy atom. The molecule has 0 aliphatic carbocycles. The van der Waals surface area contributed by atoms with Gasteiger partial charge in [0.25, 0.3) is 0 Å². The highest BCUT2D eigenvalue weighted by atomic mass is 16.2. The lowest BCUT2D eigenvalue weighted by Crippen LogP contribution is -2.49. The van der Waals surface area contributed by atoms with Crippen molar-refractivity contribution in [2.24, 2.45) is 0 Å². The van der Waals surface area contributed by atoms with E-state index in [-0.39, 0.29) is 11.7 Å². The molecule has 0 aromatic rings. The van der Waals surface area contributed by atoms with E-state index in [0.717, 1.165) is 0 Å². The van der Waals surface area contributed by atoms with Crippen LogP contribution in [0.25, 0.3) is 0 Å². The van der Waals surface area contributed by atoms with Gasteiger partial charge in [0.1, 0.15) is 0 Å². The lowest BCUT2D eigenvalue weighted by Gasteiger charge is -2.33. The largest absolute Gasteiger partial charge is 0.334 e. The molecule has 0 unspecified atom stereocenters. The minimum absolute atomic E-state index is 0.00444. The van der Waals surface area contributed by atoms with Gasteiger partial charge in [0, 0.05) is 13.5 Å². The Hall–Kier alpha value is -0.860. The summed E-state index contributed by atoms with van der Waals surface area (Å²) in [5.41, 5.74) is -0.674. The van der Waals surface area contributed by atoms with Gasteiger partial charge in [-0.25, -0.2) is 0 Å². The van der Waals surface area contributed by atoms with E-state index in [2.05, 4.69) is 0 Å². The number of hydrogen-bond donors (Lipinski definition) is 0. The lowest BCUT2D eigenvalue weighted by molar-refractivity contribution is -0.141. The molecule has 0 aromatic carbocycles. The normalized spacial score (nSPS) is 9.93. The van der Waals surface area contributed by atoms with Gasteiger partial charge >= 0.3 is 0 Å². The summed E-state index contributed by atoms with van der Waals surface area (Å²) >= 11 is 0. The zero-order chi connectivity index (χ0) is 11.9. The highest BCUT2D eigenvalue weighted by molar-refractivity contribution is 5.90. The van der Waals surface area contributed by atoms with E-state index in [0.29, 0.717) is 6.42 Å². The third-order valence-electron chi connectivity index (χ3n) is 2.38. The third-order valence-corrected chi connectivity index (χ3v) is 2.38. The summed E-state index contributed by atoms with van der Waals surface area (Å²) in [6.45, 7) is 10.8. The van der Waals surface area contributed by atoms with Crippen LogP contribution in [0.15, 0.2) is 0 Å². The minimum atomic E-state index is -0.674. The molecule has 0 aliphatic rings. The van der Waals surface area contributed by atoms with Gasteiger partial charge < -0.3 is 4.90 Å². The van der Waals surface area contributed by atoms with Crippen LogP contribution >= 0.6 is 0 Å². The Morgan fingerprint density at radius 1 is 1.21 bits per heavy atom. The molecule has 84 valence electrons. The number of ketones is 1. The number of amides is 1. The van der Waals surface area contributed by atoms with E-state index >= 15 is 0 Å². The van der Waals surface area contributed by atoms with Crippen molar-refractivity contribution >= 4 is 11.7 Å². The summed E-state index contributed by atoms with van der Waals surface area (Å²) in [5, 5.41) is 0. The molecule has 0 spiro atoms. The first-order valence-corrected chi connectivity index (χ1v) is 5.11.